The molecule has 0 spiro atoms. The molecule has 24 heavy (non-hydrogen) atoms. The smallest absolute Gasteiger partial charge is 0.221 e. The molecule has 0 bridgehead atoms. The lowest BCUT2D eigenvalue weighted by atomic mass is 10.1. The van der Waals surface area contributed by atoms with Gasteiger partial charge in [0.15, 0.2) is 0 Å². The number of sulfonamides is 1. The zero-order valence-electron chi connectivity index (χ0n) is 14.5. The maximum absolute atomic E-state index is 12.9. The van der Waals surface area contributed by atoms with E-state index in [0.717, 1.165) is 18.4 Å². The number of hydrogen-bond acceptors (Lipinski definition) is 4. The van der Waals surface area contributed by atoms with E-state index in [9.17, 15) is 17.6 Å². The molecule has 0 atom stereocenters. The number of benzene rings is 1. The molecule has 0 radical (unpaired) electrons. The van der Waals surface area contributed by atoms with Crippen LogP contribution in [0, 0.1) is 5.82 Å². The standard InChI is InChI=1S/C16H26FN3O3S/c1-19(2)13-10-18-16(21)9-12-20(24(3,22)23)11-8-14-4-6-15(17)7-5-14/h4-7H,8-13H2,1-3H3,(H,18,21). The first-order valence-corrected chi connectivity index (χ1v) is 9.64. The van der Waals surface area contributed by atoms with E-state index in [1.165, 1.54) is 16.4 Å². The van der Waals surface area contributed by atoms with Gasteiger partial charge in [0.2, 0.25) is 15.9 Å². The molecule has 0 unspecified atom stereocenters. The fourth-order valence-electron chi connectivity index (χ4n) is 2.08. The molecule has 0 saturated carbocycles. The van der Waals surface area contributed by atoms with Gasteiger partial charge >= 0.3 is 0 Å². The van der Waals surface area contributed by atoms with E-state index < -0.39 is 10.0 Å². The normalized spacial score (nSPS) is 11.9. The molecule has 1 aromatic rings. The predicted molar refractivity (Wildman–Crippen MR) is 92.7 cm³/mol. The number of nitrogens with zero attached hydrogens (tertiary/aromatic N) is 2. The summed E-state index contributed by atoms with van der Waals surface area (Å²) >= 11 is 0. The SMILES string of the molecule is CN(C)CCNC(=O)CCN(CCc1ccc(F)cc1)S(C)(=O)=O. The van der Waals surface area contributed by atoms with Gasteiger partial charge in [-0.1, -0.05) is 12.1 Å². The van der Waals surface area contributed by atoms with Crippen LogP contribution in [0.25, 0.3) is 0 Å². The summed E-state index contributed by atoms with van der Waals surface area (Å²) in [6, 6.07) is 5.95. The molecule has 8 heteroatoms. The van der Waals surface area contributed by atoms with E-state index in [-0.39, 0.29) is 31.2 Å². The van der Waals surface area contributed by atoms with Gasteiger partial charge in [-0.15, -0.1) is 0 Å². The van der Waals surface area contributed by atoms with Crippen molar-refractivity contribution in [1.29, 1.82) is 0 Å². The second kappa shape index (κ2) is 9.71. The maximum Gasteiger partial charge on any atom is 0.221 e. The lowest BCUT2D eigenvalue weighted by Crippen LogP contribution is -2.37. The van der Waals surface area contributed by atoms with Crippen molar-refractivity contribution < 1.29 is 17.6 Å². The molecule has 1 aromatic carbocycles. The molecular weight excluding hydrogens is 333 g/mol. The summed E-state index contributed by atoms with van der Waals surface area (Å²) in [5.41, 5.74) is 0.848. The number of hydrogen-bond donors (Lipinski definition) is 1. The van der Waals surface area contributed by atoms with Crippen LogP contribution in [0.4, 0.5) is 4.39 Å². The van der Waals surface area contributed by atoms with Crippen molar-refractivity contribution in [2.75, 3.05) is 46.5 Å². The Labute approximate surface area is 143 Å². The van der Waals surface area contributed by atoms with Crippen LogP contribution in [0.15, 0.2) is 24.3 Å². The number of likely N-dealkylation sites (N-methyl/N-ethyl adjacent to an activating group) is 1. The summed E-state index contributed by atoms with van der Waals surface area (Å²) in [5, 5.41) is 2.76. The van der Waals surface area contributed by atoms with Crippen molar-refractivity contribution in [3.05, 3.63) is 35.6 Å². The highest BCUT2D eigenvalue weighted by atomic mass is 32.2. The van der Waals surface area contributed by atoms with Gasteiger partial charge in [-0.05, 0) is 38.2 Å². The second-order valence-corrected chi connectivity index (χ2v) is 7.92. The average molecular weight is 359 g/mol. The van der Waals surface area contributed by atoms with Crippen LogP contribution in [-0.4, -0.2) is 70.1 Å². The van der Waals surface area contributed by atoms with Crippen LogP contribution in [0.3, 0.4) is 0 Å². The van der Waals surface area contributed by atoms with Crippen molar-refractivity contribution in [3.8, 4) is 0 Å². The van der Waals surface area contributed by atoms with Crippen LogP contribution >= 0.6 is 0 Å². The summed E-state index contributed by atoms with van der Waals surface area (Å²) in [6.07, 6.45) is 1.71. The van der Waals surface area contributed by atoms with E-state index in [1.807, 2.05) is 19.0 Å². The number of amides is 1. The summed E-state index contributed by atoms with van der Waals surface area (Å²) in [5.74, 6) is -0.500. The molecule has 0 fully saturated rings. The number of nitrogens with one attached hydrogen (secondary N) is 1. The maximum atomic E-state index is 12.9. The van der Waals surface area contributed by atoms with Gasteiger partial charge in [-0.3, -0.25) is 4.79 Å². The Balaban J connectivity index is 2.48. The summed E-state index contributed by atoms with van der Waals surface area (Å²) in [6.45, 7) is 1.65. The molecule has 0 aromatic heterocycles. The summed E-state index contributed by atoms with van der Waals surface area (Å²) < 4.78 is 37.9. The van der Waals surface area contributed by atoms with Crippen LogP contribution < -0.4 is 5.32 Å². The average Bonchev–Trinajstić information content (AvgIpc) is 2.47. The Bertz CT molecular complexity index is 618. The molecule has 0 heterocycles. The summed E-state index contributed by atoms with van der Waals surface area (Å²) in [4.78, 5) is 13.7. The molecule has 0 aliphatic heterocycles. The molecule has 1 rings (SSSR count). The lowest BCUT2D eigenvalue weighted by molar-refractivity contribution is -0.121. The van der Waals surface area contributed by atoms with Crippen LogP contribution in [0.2, 0.25) is 0 Å². The van der Waals surface area contributed by atoms with Gasteiger partial charge in [0.05, 0.1) is 6.26 Å². The molecule has 136 valence electrons. The minimum Gasteiger partial charge on any atom is -0.355 e. The minimum absolute atomic E-state index is 0.115. The van der Waals surface area contributed by atoms with Crippen molar-refractivity contribution in [3.63, 3.8) is 0 Å². The van der Waals surface area contributed by atoms with Crippen molar-refractivity contribution in [1.82, 2.24) is 14.5 Å². The van der Waals surface area contributed by atoms with E-state index >= 15 is 0 Å². The van der Waals surface area contributed by atoms with Gasteiger partial charge in [0, 0.05) is 32.6 Å². The van der Waals surface area contributed by atoms with E-state index in [2.05, 4.69) is 5.32 Å². The third-order valence-corrected chi connectivity index (χ3v) is 4.80. The van der Waals surface area contributed by atoms with Crippen molar-refractivity contribution in [2.24, 2.45) is 0 Å². The molecule has 1 N–H and O–H groups in total. The third-order valence-electron chi connectivity index (χ3n) is 3.50. The first-order valence-electron chi connectivity index (χ1n) is 7.79. The number of rotatable bonds is 10. The van der Waals surface area contributed by atoms with Gasteiger partial charge in [-0.2, -0.15) is 0 Å². The Morgan fingerprint density at radius 1 is 1.12 bits per heavy atom. The Kier molecular flexibility index (Phi) is 8.30. The minimum atomic E-state index is -3.40. The zero-order valence-corrected chi connectivity index (χ0v) is 15.3. The third kappa shape index (κ3) is 8.37. The predicted octanol–water partition coefficient (Wildman–Crippen LogP) is 0.698. The topological polar surface area (TPSA) is 69.7 Å². The first kappa shape index (κ1) is 20.5. The van der Waals surface area contributed by atoms with Crippen LogP contribution in [-0.2, 0) is 21.2 Å². The highest BCUT2D eigenvalue weighted by Gasteiger charge is 2.17. The van der Waals surface area contributed by atoms with E-state index in [1.54, 1.807) is 12.1 Å². The number of halogens is 1. The van der Waals surface area contributed by atoms with Gasteiger partial charge in [-0.25, -0.2) is 17.1 Å². The first-order chi connectivity index (χ1) is 11.2. The van der Waals surface area contributed by atoms with Crippen molar-refractivity contribution in [2.45, 2.75) is 12.8 Å². The van der Waals surface area contributed by atoms with Gasteiger partial charge in [0.25, 0.3) is 0 Å². The fourth-order valence-corrected chi connectivity index (χ4v) is 2.93. The number of carbonyl (C=O) groups excluding carboxylic acids is 1. The monoisotopic (exact) mass is 359 g/mol. The largest absolute Gasteiger partial charge is 0.355 e. The Morgan fingerprint density at radius 2 is 1.75 bits per heavy atom. The van der Waals surface area contributed by atoms with Crippen LogP contribution in [0.5, 0.6) is 0 Å². The summed E-state index contributed by atoms with van der Waals surface area (Å²) in [7, 11) is 0.418. The Morgan fingerprint density at radius 3 is 2.29 bits per heavy atom. The fraction of sp³-hybridized carbons (Fsp3) is 0.562. The molecular formula is C16H26FN3O3S. The number of carbonyl (C=O) groups is 1. The molecule has 1 amide bonds. The molecule has 6 nitrogen and oxygen atoms in total. The molecule has 0 saturated heterocycles. The Hall–Kier alpha value is -1.51. The second-order valence-electron chi connectivity index (χ2n) is 5.94. The van der Waals surface area contributed by atoms with Gasteiger partial charge in [0.1, 0.15) is 5.82 Å². The highest BCUT2D eigenvalue weighted by molar-refractivity contribution is 7.88. The quantitative estimate of drug-likeness (QED) is 0.668. The van der Waals surface area contributed by atoms with E-state index in [0.29, 0.717) is 13.0 Å². The van der Waals surface area contributed by atoms with Gasteiger partial charge < -0.3 is 10.2 Å². The zero-order chi connectivity index (χ0) is 18.2. The molecule has 0 aliphatic rings. The van der Waals surface area contributed by atoms with Crippen LogP contribution in [0.1, 0.15) is 12.0 Å². The highest BCUT2D eigenvalue weighted by Crippen LogP contribution is 2.07. The van der Waals surface area contributed by atoms with E-state index in [4.69, 9.17) is 0 Å². The van der Waals surface area contributed by atoms with Crippen molar-refractivity contribution >= 4 is 15.9 Å². The lowest BCUT2D eigenvalue weighted by Gasteiger charge is -2.20. The molecule has 0 aliphatic carbocycles.